The number of nitrogens with zero attached hydrogens (tertiary/aromatic N) is 2. The highest BCUT2D eigenvalue weighted by molar-refractivity contribution is 7.17. The van der Waals surface area contributed by atoms with E-state index in [1.807, 2.05) is 31.2 Å². The third-order valence-corrected chi connectivity index (χ3v) is 5.18. The molecule has 1 aromatic heterocycles. The number of rotatable bonds is 8. The monoisotopic (exact) mass is 332 g/mol. The number of aryl methyl sites for hydroxylation is 1. The van der Waals surface area contributed by atoms with Crippen molar-refractivity contribution in [2.45, 2.75) is 27.2 Å². The third kappa shape index (κ3) is 4.39. The fourth-order valence-electron chi connectivity index (χ4n) is 2.43. The zero-order chi connectivity index (χ0) is 16.8. The number of hydrogen-bond donors (Lipinski definition) is 0. The van der Waals surface area contributed by atoms with Gasteiger partial charge >= 0.3 is 0 Å². The minimum atomic E-state index is 0.187. The van der Waals surface area contributed by atoms with E-state index in [2.05, 4.69) is 23.7 Å². The fourth-order valence-corrected chi connectivity index (χ4v) is 3.46. The second kappa shape index (κ2) is 8.22. The second-order valence-electron chi connectivity index (χ2n) is 5.36. The van der Waals surface area contributed by atoms with Crippen molar-refractivity contribution in [2.24, 2.45) is 0 Å². The van der Waals surface area contributed by atoms with Gasteiger partial charge in [-0.15, -0.1) is 11.3 Å². The topological polar surface area (TPSA) is 42.4 Å². The van der Waals surface area contributed by atoms with Gasteiger partial charge in [-0.2, -0.15) is 0 Å². The molecule has 0 unspecified atom stereocenters. The number of hydrogen-bond acceptors (Lipinski definition) is 5. The Morgan fingerprint density at radius 1 is 1.22 bits per heavy atom. The molecular weight excluding hydrogens is 308 g/mol. The van der Waals surface area contributed by atoms with Crippen LogP contribution in [0.4, 0.5) is 0 Å². The Kier molecular flexibility index (Phi) is 6.30. The van der Waals surface area contributed by atoms with Crippen molar-refractivity contribution in [3.63, 3.8) is 0 Å². The molecule has 124 valence electrons. The molecule has 0 aliphatic rings. The van der Waals surface area contributed by atoms with Crippen LogP contribution in [0.1, 0.15) is 35.6 Å². The van der Waals surface area contributed by atoms with Crippen LogP contribution in [0.5, 0.6) is 5.75 Å². The van der Waals surface area contributed by atoms with Crippen molar-refractivity contribution in [3.8, 4) is 16.3 Å². The molecule has 1 aromatic carbocycles. The molecule has 2 aromatic rings. The number of aromatic nitrogens is 1. The van der Waals surface area contributed by atoms with Crippen molar-refractivity contribution in [1.29, 1.82) is 0 Å². The Bertz CT molecular complexity index is 646. The lowest BCUT2D eigenvalue weighted by Crippen LogP contribution is -2.25. The van der Waals surface area contributed by atoms with Gasteiger partial charge in [0.25, 0.3) is 0 Å². The first-order chi connectivity index (χ1) is 11.1. The first-order valence-electron chi connectivity index (χ1n) is 7.96. The Hall–Kier alpha value is -1.72. The van der Waals surface area contributed by atoms with E-state index in [4.69, 9.17) is 4.74 Å². The largest absolute Gasteiger partial charge is 0.497 e. The number of ether oxygens (including phenoxy) is 1. The predicted octanol–water partition coefficient (Wildman–Crippen LogP) is 4.04. The van der Waals surface area contributed by atoms with Crippen molar-refractivity contribution in [2.75, 3.05) is 26.7 Å². The van der Waals surface area contributed by atoms with Gasteiger partial charge in [0.1, 0.15) is 10.8 Å². The van der Waals surface area contributed by atoms with Gasteiger partial charge in [0.15, 0.2) is 5.78 Å². The van der Waals surface area contributed by atoms with Gasteiger partial charge in [-0.3, -0.25) is 4.79 Å². The van der Waals surface area contributed by atoms with Gasteiger partial charge in [-0.1, -0.05) is 13.8 Å². The lowest BCUT2D eigenvalue weighted by Gasteiger charge is -2.16. The summed E-state index contributed by atoms with van der Waals surface area (Å²) in [6.07, 6.45) is 0.548. The summed E-state index contributed by atoms with van der Waals surface area (Å²) in [5.41, 5.74) is 1.84. The van der Waals surface area contributed by atoms with Crippen molar-refractivity contribution < 1.29 is 9.53 Å². The number of ketones is 1. The molecule has 0 saturated heterocycles. The average molecular weight is 332 g/mol. The summed E-state index contributed by atoms with van der Waals surface area (Å²) in [5, 5.41) is 0.886. The standard InChI is InChI=1S/C18H24N2O2S/c1-5-20(6-2)12-11-16(21)17-13(3)19-18(23-17)14-7-9-15(22-4)10-8-14/h7-10H,5-6,11-12H2,1-4H3. The Labute approximate surface area is 142 Å². The molecule has 0 fully saturated rings. The molecule has 0 aliphatic heterocycles. The summed E-state index contributed by atoms with van der Waals surface area (Å²) in [4.78, 5) is 20.1. The molecule has 1 heterocycles. The van der Waals surface area contributed by atoms with Crippen LogP contribution in [0, 0.1) is 6.92 Å². The molecule has 0 aliphatic carbocycles. The molecule has 2 rings (SSSR count). The Morgan fingerprint density at radius 3 is 2.43 bits per heavy atom. The normalized spacial score (nSPS) is 11.0. The van der Waals surface area contributed by atoms with E-state index >= 15 is 0 Å². The number of methoxy groups -OCH3 is 1. The minimum Gasteiger partial charge on any atom is -0.497 e. The molecule has 0 bridgehead atoms. The maximum atomic E-state index is 12.5. The molecule has 0 N–H and O–H groups in total. The van der Waals surface area contributed by atoms with Crippen LogP contribution in [0.25, 0.3) is 10.6 Å². The molecule has 0 saturated carbocycles. The van der Waals surface area contributed by atoms with Crippen molar-refractivity contribution in [1.82, 2.24) is 9.88 Å². The zero-order valence-electron chi connectivity index (χ0n) is 14.3. The summed E-state index contributed by atoms with van der Waals surface area (Å²) in [5.74, 6) is 1.00. The number of Topliss-reactive ketones (excluding diaryl/α,β-unsaturated/α-hetero) is 1. The van der Waals surface area contributed by atoms with E-state index in [1.54, 1.807) is 7.11 Å². The van der Waals surface area contributed by atoms with Crippen LogP contribution in [0.15, 0.2) is 24.3 Å². The maximum Gasteiger partial charge on any atom is 0.175 e. The molecule has 23 heavy (non-hydrogen) atoms. The SMILES string of the molecule is CCN(CC)CCC(=O)c1sc(-c2ccc(OC)cc2)nc1C. The van der Waals surface area contributed by atoms with Crippen molar-refractivity contribution >= 4 is 17.1 Å². The maximum absolute atomic E-state index is 12.5. The van der Waals surface area contributed by atoms with Gasteiger partial charge in [0.05, 0.1) is 17.7 Å². The van der Waals surface area contributed by atoms with Gasteiger partial charge < -0.3 is 9.64 Å². The lowest BCUT2D eigenvalue weighted by atomic mass is 10.2. The number of thiazole rings is 1. The van der Waals surface area contributed by atoms with Crippen LogP contribution in [0.2, 0.25) is 0 Å². The molecule has 0 amide bonds. The van der Waals surface area contributed by atoms with E-state index in [-0.39, 0.29) is 5.78 Å². The molecule has 0 atom stereocenters. The van der Waals surface area contributed by atoms with E-state index in [0.29, 0.717) is 6.42 Å². The van der Waals surface area contributed by atoms with Crippen LogP contribution in [-0.2, 0) is 0 Å². The summed E-state index contributed by atoms with van der Waals surface area (Å²) in [6.45, 7) is 8.90. The summed E-state index contributed by atoms with van der Waals surface area (Å²) >= 11 is 1.48. The first kappa shape index (κ1) is 17.6. The summed E-state index contributed by atoms with van der Waals surface area (Å²) < 4.78 is 5.17. The smallest absolute Gasteiger partial charge is 0.175 e. The lowest BCUT2D eigenvalue weighted by molar-refractivity contribution is 0.0969. The average Bonchev–Trinajstić information content (AvgIpc) is 2.97. The second-order valence-corrected chi connectivity index (χ2v) is 6.36. The van der Waals surface area contributed by atoms with E-state index < -0.39 is 0 Å². The van der Waals surface area contributed by atoms with E-state index in [1.165, 1.54) is 11.3 Å². The highest BCUT2D eigenvalue weighted by Gasteiger charge is 2.16. The van der Waals surface area contributed by atoms with Crippen molar-refractivity contribution in [3.05, 3.63) is 34.8 Å². The van der Waals surface area contributed by atoms with Gasteiger partial charge in [0.2, 0.25) is 0 Å². The van der Waals surface area contributed by atoms with Crippen LogP contribution in [0.3, 0.4) is 0 Å². The van der Waals surface area contributed by atoms with Crippen LogP contribution >= 0.6 is 11.3 Å². The van der Waals surface area contributed by atoms with Crippen LogP contribution < -0.4 is 4.74 Å². The molecule has 0 spiro atoms. The highest BCUT2D eigenvalue weighted by Crippen LogP contribution is 2.29. The summed E-state index contributed by atoms with van der Waals surface area (Å²) in [7, 11) is 1.65. The quantitative estimate of drug-likeness (QED) is 0.684. The fraction of sp³-hybridized carbons (Fsp3) is 0.444. The predicted molar refractivity (Wildman–Crippen MR) is 95.6 cm³/mol. The molecule has 4 nitrogen and oxygen atoms in total. The van der Waals surface area contributed by atoms with E-state index in [0.717, 1.165) is 46.5 Å². The number of carbonyl (C=O) groups is 1. The Balaban J connectivity index is 2.12. The minimum absolute atomic E-state index is 0.187. The summed E-state index contributed by atoms with van der Waals surface area (Å²) in [6, 6.07) is 7.77. The zero-order valence-corrected chi connectivity index (χ0v) is 15.1. The van der Waals surface area contributed by atoms with Crippen LogP contribution in [-0.4, -0.2) is 42.4 Å². The van der Waals surface area contributed by atoms with Gasteiger partial charge in [-0.05, 0) is 44.3 Å². The molecule has 5 heteroatoms. The molecular formula is C18H24N2O2S. The van der Waals surface area contributed by atoms with E-state index in [9.17, 15) is 4.79 Å². The third-order valence-electron chi connectivity index (χ3n) is 3.94. The number of carbonyl (C=O) groups excluding carboxylic acids is 1. The Morgan fingerprint density at radius 2 is 1.87 bits per heavy atom. The highest BCUT2D eigenvalue weighted by atomic mass is 32.1. The molecule has 0 radical (unpaired) electrons. The number of benzene rings is 1. The van der Waals surface area contributed by atoms with Gasteiger partial charge in [0, 0.05) is 18.5 Å². The first-order valence-corrected chi connectivity index (χ1v) is 8.78. The van der Waals surface area contributed by atoms with Gasteiger partial charge in [-0.25, -0.2) is 4.98 Å².